The quantitative estimate of drug-likeness (QED) is 0.340. The molecule has 3 aromatic rings. The van der Waals surface area contributed by atoms with Crippen LogP contribution in [-0.4, -0.2) is 65.1 Å². The largest absolute Gasteiger partial charge is 0.488 e. The van der Waals surface area contributed by atoms with Gasteiger partial charge in [-0.2, -0.15) is 10.1 Å². The number of benzene rings is 1. The van der Waals surface area contributed by atoms with Crippen molar-refractivity contribution in [2.75, 3.05) is 36.5 Å². The molecule has 1 aromatic carbocycles. The second-order valence-electron chi connectivity index (χ2n) is 11.0. The fourth-order valence-electron chi connectivity index (χ4n) is 4.77. The number of anilines is 4. The number of aryl methyl sites for hydroxylation is 1. The second-order valence-corrected chi connectivity index (χ2v) is 13.3. The first-order valence-corrected chi connectivity index (χ1v) is 15.4. The molecular weight excluding hydrogens is 538 g/mol. The number of rotatable bonds is 10. The Kier molecular flexibility index (Phi) is 8.02. The first kappa shape index (κ1) is 27.7. The van der Waals surface area contributed by atoms with Crippen molar-refractivity contribution >= 4 is 44.6 Å². The van der Waals surface area contributed by atoms with Crippen LogP contribution in [0.2, 0.25) is 5.02 Å². The molecule has 39 heavy (non-hydrogen) atoms. The number of hydrogen-bond donors (Lipinski definition) is 2. The molecule has 0 bridgehead atoms. The molecule has 0 amide bonds. The van der Waals surface area contributed by atoms with E-state index in [0.29, 0.717) is 17.6 Å². The topological polar surface area (TPSA) is 114 Å². The molecule has 0 spiro atoms. The van der Waals surface area contributed by atoms with E-state index in [1.165, 1.54) is 16.4 Å². The summed E-state index contributed by atoms with van der Waals surface area (Å²) in [5.74, 6) is 1.83. The minimum Gasteiger partial charge on any atom is -0.488 e. The molecule has 2 fully saturated rings. The van der Waals surface area contributed by atoms with E-state index in [9.17, 15) is 8.42 Å². The first-order valence-electron chi connectivity index (χ1n) is 13.4. The molecule has 0 radical (unpaired) electrons. The van der Waals surface area contributed by atoms with Gasteiger partial charge in [-0.25, -0.2) is 13.4 Å². The standard InChI is InChI=1S/C27H36ClN7O3S/c1-17(2)16-39(36,37)26-23(15-35(4)33-26)30-25-21(28)14-29-27(32-25)31-22-8-5-19(13-24(22)38-20-6-7-20)18-9-11-34(3)12-10-18/h5,8,13-15,17-18,20H,6-7,9-12,16H2,1-4H3,(H2,29,30,31,32). The lowest BCUT2D eigenvalue weighted by molar-refractivity contribution is 0.254. The molecular formula is C27H36ClN7O3S. The van der Waals surface area contributed by atoms with Crippen LogP contribution < -0.4 is 15.4 Å². The predicted octanol–water partition coefficient (Wildman–Crippen LogP) is 5.13. The number of halogens is 1. The van der Waals surface area contributed by atoms with Gasteiger partial charge in [-0.3, -0.25) is 4.68 Å². The SMILES string of the molecule is CC(C)CS(=O)(=O)c1nn(C)cc1Nc1nc(Nc2ccc(C3CCN(C)CC3)cc2OC2CC2)ncc1Cl. The Balaban J connectivity index is 1.39. The maximum Gasteiger partial charge on any atom is 0.229 e. The number of ether oxygens (including phenoxy) is 1. The lowest BCUT2D eigenvalue weighted by Gasteiger charge is -2.29. The molecule has 5 rings (SSSR count). The fraction of sp³-hybridized carbons (Fsp3) is 0.519. The highest BCUT2D eigenvalue weighted by atomic mass is 35.5. The maximum absolute atomic E-state index is 12.9. The zero-order valence-corrected chi connectivity index (χ0v) is 24.4. The highest BCUT2D eigenvalue weighted by Crippen LogP contribution is 2.38. The number of hydrogen-bond acceptors (Lipinski definition) is 9. The van der Waals surface area contributed by atoms with E-state index in [2.05, 4.69) is 49.8 Å². The van der Waals surface area contributed by atoms with E-state index in [1.807, 2.05) is 19.9 Å². The summed E-state index contributed by atoms with van der Waals surface area (Å²) in [6.07, 6.45) is 7.68. The van der Waals surface area contributed by atoms with Gasteiger partial charge in [0.15, 0.2) is 15.7 Å². The van der Waals surface area contributed by atoms with Crippen LogP contribution in [0.5, 0.6) is 5.75 Å². The Labute approximate surface area is 235 Å². The van der Waals surface area contributed by atoms with Crippen molar-refractivity contribution < 1.29 is 13.2 Å². The molecule has 210 valence electrons. The zero-order chi connectivity index (χ0) is 27.7. The highest BCUT2D eigenvalue weighted by Gasteiger charge is 2.27. The molecule has 12 heteroatoms. The summed E-state index contributed by atoms with van der Waals surface area (Å²) in [5, 5.41) is 10.7. The van der Waals surface area contributed by atoms with E-state index < -0.39 is 9.84 Å². The Bertz CT molecular complexity index is 1430. The van der Waals surface area contributed by atoms with Crippen LogP contribution >= 0.6 is 11.6 Å². The Morgan fingerprint density at radius 2 is 1.85 bits per heavy atom. The van der Waals surface area contributed by atoms with Crippen LogP contribution in [-0.2, 0) is 16.9 Å². The van der Waals surface area contributed by atoms with Crippen molar-refractivity contribution in [3.05, 3.63) is 41.2 Å². The van der Waals surface area contributed by atoms with E-state index >= 15 is 0 Å². The van der Waals surface area contributed by atoms with Gasteiger partial charge in [0.05, 0.1) is 29.4 Å². The van der Waals surface area contributed by atoms with Crippen molar-refractivity contribution in [1.82, 2.24) is 24.6 Å². The minimum absolute atomic E-state index is 0.0136. The molecule has 2 aromatic heterocycles. The third kappa shape index (κ3) is 6.82. The van der Waals surface area contributed by atoms with Gasteiger partial charge in [0.2, 0.25) is 11.0 Å². The number of nitrogens with zero attached hydrogens (tertiary/aromatic N) is 5. The third-order valence-corrected chi connectivity index (χ3v) is 9.17. The van der Waals surface area contributed by atoms with Crippen LogP contribution in [0.1, 0.15) is 51.0 Å². The normalized spacial score (nSPS) is 17.0. The summed E-state index contributed by atoms with van der Waals surface area (Å²) in [4.78, 5) is 11.3. The fourth-order valence-corrected chi connectivity index (χ4v) is 6.63. The van der Waals surface area contributed by atoms with Crippen molar-refractivity contribution in [3.8, 4) is 5.75 Å². The number of likely N-dealkylation sites (tertiary alicyclic amines) is 1. The Morgan fingerprint density at radius 1 is 1.10 bits per heavy atom. The summed E-state index contributed by atoms with van der Waals surface area (Å²) in [5.41, 5.74) is 2.37. The van der Waals surface area contributed by atoms with Gasteiger partial charge in [0.25, 0.3) is 0 Å². The van der Waals surface area contributed by atoms with E-state index in [1.54, 1.807) is 13.2 Å². The molecule has 1 saturated carbocycles. The van der Waals surface area contributed by atoms with E-state index in [0.717, 1.165) is 50.2 Å². The first-order chi connectivity index (χ1) is 18.6. The van der Waals surface area contributed by atoms with Gasteiger partial charge in [-0.05, 0) is 75.4 Å². The summed E-state index contributed by atoms with van der Waals surface area (Å²) >= 11 is 6.41. The molecule has 0 atom stereocenters. The molecule has 0 unspecified atom stereocenters. The van der Waals surface area contributed by atoms with Crippen LogP contribution in [0.15, 0.2) is 35.6 Å². The minimum atomic E-state index is -3.60. The van der Waals surface area contributed by atoms with Gasteiger partial charge in [0.1, 0.15) is 10.8 Å². The number of piperidine rings is 1. The van der Waals surface area contributed by atoms with Crippen LogP contribution in [0, 0.1) is 5.92 Å². The monoisotopic (exact) mass is 573 g/mol. The van der Waals surface area contributed by atoms with Gasteiger partial charge < -0.3 is 20.3 Å². The Morgan fingerprint density at radius 3 is 2.54 bits per heavy atom. The average Bonchev–Trinajstić information content (AvgIpc) is 3.61. The zero-order valence-electron chi connectivity index (χ0n) is 22.8. The highest BCUT2D eigenvalue weighted by molar-refractivity contribution is 7.91. The Hall–Kier alpha value is -2.89. The molecule has 2 aliphatic rings. The van der Waals surface area contributed by atoms with Gasteiger partial charge >= 0.3 is 0 Å². The average molecular weight is 574 g/mol. The molecule has 2 N–H and O–H groups in total. The molecule has 1 aliphatic heterocycles. The molecule has 1 saturated heterocycles. The van der Waals surface area contributed by atoms with Crippen molar-refractivity contribution in [2.45, 2.75) is 56.6 Å². The molecule has 3 heterocycles. The lowest BCUT2D eigenvalue weighted by Crippen LogP contribution is -2.29. The van der Waals surface area contributed by atoms with Crippen LogP contribution in [0.25, 0.3) is 0 Å². The summed E-state index contributed by atoms with van der Waals surface area (Å²) < 4.78 is 33.6. The molecule has 1 aliphatic carbocycles. The van der Waals surface area contributed by atoms with Crippen molar-refractivity contribution in [1.29, 1.82) is 0 Å². The lowest BCUT2D eigenvalue weighted by atomic mass is 9.89. The number of sulfone groups is 1. The third-order valence-electron chi connectivity index (χ3n) is 6.90. The van der Waals surface area contributed by atoms with Crippen molar-refractivity contribution in [3.63, 3.8) is 0 Å². The maximum atomic E-state index is 12.9. The van der Waals surface area contributed by atoms with E-state index in [-0.39, 0.29) is 33.6 Å². The number of aromatic nitrogens is 4. The predicted molar refractivity (Wildman–Crippen MR) is 153 cm³/mol. The van der Waals surface area contributed by atoms with Crippen LogP contribution in [0.4, 0.5) is 23.1 Å². The van der Waals surface area contributed by atoms with E-state index in [4.69, 9.17) is 16.3 Å². The summed E-state index contributed by atoms with van der Waals surface area (Å²) in [6, 6.07) is 6.32. The smallest absolute Gasteiger partial charge is 0.229 e. The summed E-state index contributed by atoms with van der Waals surface area (Å²) in [6.45, 7) is 5.90. The number of nitrogens with one attached hydrogen (secondary N) is 2. The molecule has 10 nitrogen and oxygen atoms in total. The second kappa shape index (κ2) is 11.3. The van der Waals surface area contributed by atoms with Crippen LogP contribution in [0.3, 0.4) is 0 Å². The van der Waals surface area contributed by atoms with Gasteiger partial charge in [-0.1, -0.05) is 31.5 Å². The van der Waals surface area contributed by atoms with Gasteiger partial charge in [0, 0.05) is 13.2 Å². The van der Waals surface area contributed by atoms with Crippen molar-refractivity contribution in [2.24, 2.45) is 13.0 Å². The summed E-state index contributed by atoms with van der Waals surface area (Å²) in [7, 11) is 0.233. The van der Waals surface area contributed by atoms with Gasteiger partial charge in [-0.15, -0.1) is 0 Å².